The molecular formula is C23H25N5O2S. The zero-order chi connectivity index (χ0) is 22.0. The first kappa shape index (κ1) is 21.1. The van der Waals surface area contributed by atoms with Crippen molar-refractivity contribution in [1.82, 2.24) is 14.8 Å². The molecule has 0 saturated heterocycles. The van der Waals surface area contributed by atoms with Crippen LogP contribution in [0.5, 0.6) is 0 Å². The molecule has 2 amide bonds. The van der Waals surface area contributed by atoms with Crippen LogP contribution in [0, 0.1) is 0 Å². The first-order chi connectivity index (χ1) is 14.9. The van der Waals surface area contributed by atoms with E-state index in [1.165, 1.54) is 17.3 Å². The number of anilines is 2. The Morgan fingerprint density at radius 2 is 1.94 bits per heavy atom. The fourth-order valence-electron chi connectivity index (χ4n) is 3.58. The number of nitrogens with zero attached hydrogens (tertiary/aromatic N) is 4. The van der Waals surface area contributed by atoms with Crippen LogP contribution in [-0.2, 0) is 16.0 Å². The monoisotopic (exact) mass is 435 g/mol. The van der Waals surface area contributed by atoms with Crippen LogP contribution in [0.1, 0.15) is 37.3 Å². The standard InChI is InChI=1S/C23H25N5O2S/c1-15(2)16-4-8-19(9-5-16)28-14-24-26-23(28)31-13-21(29)25-18-7-10-20-17(12-18)6-11-22(30)27(20)3/h4-5,7-10,12,14-15H,6,11,13H2,1-3H3,(H,25,29). The highest BCUT2D eigenvalue weighted by atomic mass is 32.2. The van der Waals surface area contributed by atoms with Crippen molar-refractivity contribution in [1.29, 1.82) is 0 Å². The zero-order valence-corrected chi connectivity index (χ0v) is 18.6. The van der Waals surface area contributed by atoms with Gasteiger partial charge >= 0.3 is 0 Å². The summed E-state index contributed by atoms with van der Waals surface area (Å²) in [7, 11) is 1.78. The minimum atomic E-state index is -0.116. The Morgan fingerprint density at radius 1 is 1.16 bits per heavy atom. The Hall–Kier alpha value is -3.13. The molecule has 1 aromatic heterocycles. The van der Waals surface area contributed by atoms with Crippen LogP contribution < -0.4 is 10.2 Å². The maximum atomic E-state index is 12.5. The molecule has 0 saturated carbocycles. The quantitative estimate of drug-likeness (QED) is 0.592. The van der Waals surface area contributed by atoms with E-state index < -0.39 is 0 Å². The largest absolute Gasteiger partial charge is 0.325 e. The van der Waals surface area contributed by atoms with E-state index in [1.54, 1.807) is 18.3 Å². The molecule has 0 aliphatic carbocycles. The Balaban J connectivity index is 1.39. The van der Waals surface area contributed by atoms with Crippen molar-refractivity contribution >= 4 is 35.0 Å². The summed E-state index contributed by atoms with van der Waals surface area (Å²) >= 11 is 1.34. The molecule has 2 heterocycles. The topological polar surface area (TPSA) is 80.1 Å². The summed E-state index contributed by atoms with van der Waals surface area (Å²) in [6.45, 7) is 4.32. The van der Waals surface area contributed by atoms with Gasteiger partial charge in [-0.3, -0.25) is 14.2 Å². The third-order valence-electron chi connectivity index (χ3n) is 5.39. The number of rotatable bonds is 6. The highest BCUT2D eigenvalue weighted by Gasteiger charge is 2.21. The summed E-state index contributed by atoms with van der Waals surface area (Å²) in [5.41, 5.74) is 4.94. The molecule has 7 nitrogen and oxygen atoms in total. The minimum Gasteiger partial charge on any atom is -0.325 e. The van der Waals surface area contributed by atoms with Crippen molar-refractivity contribution in [3.8, 4) is 5.69 Å². The van der Waals surface area contributed by atoms with Gasteiger partial charge in [0.2, 0.25) is 11.8 Å². The molecule has 0 bridgehead atoms. The van der Waals surface area contributed by atoms with Gasteiger partial charge in [-0.2, -0.15) is 0 Å². The highest BCUT2D eigenvalue weighted by molar-refractivity contribution is 7.99. The van der Waals surface area contributed by atoms with E-state index in [9.17, 15) is 9.59 Å². The average molecular weight is 436 g/mol. The third kappa shape index (κ3) is 4.64. The lowest BCUT2D eigenvalue weighted by molar-refractivity contribution is -0.118. The van der Waals surface area contributed by atoms with Gasteiger partial charge in [-0.05, 0) is 53.8 Å². The van der Waals surface area contributed by atoms with E-state index in [1.807, 2.05) is 34.9 Å². The second-order valence-electron chi connectivity index (χ2n) is 7.86. The van der Waals surface area contributed by atoms with E-state index >= 15 is 0 Å². The Morgan fingerprint density at radius 3 is 2.68 bits per heavy atom. The SMILES string of the molecule is CC(C)c1ccc(-n2cnnc2SCC(=O)Nc2ccc3c(c2)CCC(=O)N3C)cc1. The number of aromatic nitrogens is 3. The molecule has 160 valence electrons. The summed E-state index contributed by atoms with van der Waals surface area (Å²) in [5, 5.41) is 11.8. The fourth-order valence-corrected chi connectivity index (χ4v) is 4.31. The number of fused-ring (bicyclic) bond motifs is 1. The minimum absolute atomic E-state index is 0.114. The lowest BCUT2D eigenvalue weighted by Gasteiger charge is -2.26. The average Bonchev–Trinajstić information content (AvgIpc) is 3.24. The number of carbonyl (C=O) groups is 2. The number of carbonyl (C=O) groups excluding carboxylic acids is 2. The van der Waals surface area contributed by atoms with Crippen LogP contribution in [0.3, 0.4) is 0 Å². The van der Waals surface area contributed by atoms with Crippen LogP contribution >= 0.6 is 11.8 Å². The summed E-state index contributed by atoms with van der Waals surface area (Å²) in [6.07, 6.45) is 2.84. The lowest BCUT2D eigenvalue weighted by atomic mass is 10.0. The van der Waals surface area contributed by atoms with E-state index in [-0.39, 0.29) is 17.6 Å². The second-order valence-corrected chi connectivity index (χ2v) is 8.81. The highest BCUT2D eigenvalue weighted by Crippen LogP contribution is 2.29. The van der Waals surface area contributed by atoms with Crippen molar-refractivity contribution < 1.29 is 9.59 Å². The molecule has 4 rings (SSSR count). The molecule has 0 fully saturated rings. The van der Waals surface area contributed by atoms with Gasteiger partial charge in [-0.1, -0.05) is 37.7 Å². The van der Waals surface area contributed by atoms with Crippen molar-refractivity contribution in [2.45, 2.75) is 37.8 Å². The normalized spacial score (nSPS) is 13.4. The van der Waals surface area contributed by atoms with Crippen LogP contribution in [0.25, 0.3) is 5.69 Å². The molecule has 8 heteroatoms. The number of thioether (sulfide) groups is 1. The molecule has 1 aliphatic heterocycles. The van der Waals surface area contributed by atoms with Gasteiger partial charge in [0, 0.05) is 30.5 Å². The molecule has 0 unspecified atom stereocenters. The van der Waals surface area contributed by atoms with Gasteiger partial charge in [-0.15, -0.1) is 10.2 Å². The van der Waals surface area contributed by atoms with Crippen molar-refractivity contribution in [2.24, 2.45) is 0 Å². The molecule has 0 spiro atoms. The number of amides is 2. The van der Waals surface area contributed by atoms with Crippen LogP contribution in [0.4, 0.5) is 11.4 Å². The summed E-state index contributed by atoms with van der Waals surface area (Å²) in [5.74, 6) is 0.689. The van der Waals surface area contributed by atoms with Crippen molar-refractivity contribution in [3.05, 3.63) is 59.9 Å². The number of benzene rings is 2. The van der Waals surface area contributed by atoms with Gasteiger partial charge in [0.15, 0.2) is 5.16 Å². The maximum Gasteiger partial charge on any atom is 0.234 e. The van der Waals surface area contributed by atoms with E-state index in [4.69, 9.17) is 0 Å². The summed E-state index contributed by atoms with van der Waals surface area (Å²) in [4.78, 5) is 26.0. The van der Waals surface area contributed by atoms with Crippen LogP contribution in [0.2, 0.25) is 0 Å². The Kier molecular flexibility index (Phi) is 6.08. The van der Waals surface area contributed by atoms with E-state index in [0.29, 0.717) is 23.9 Å². The predicted octanol–water partition coefficient (Wildman–Crippen LogP) is 4.03. The molecule has 0 atom stereocenters. The van der Waals surface area contributed by atoms with Crippen molar-refractivity contribution in [3.63, 3.8) is 0 Å². The molecular weight excluding hydrogens is 410 g/mol. The third-order valence-corrected chi connectivity index (χ3v) is 6.34. The number of hydrogen-bond donors (Lipinski definition) is 1. The molecule has 31 heavy (non-hydrogen) atoms. The fraction of sp³-hybridized carbons (Fsp3) is 0.304. The molecule has 3 aromatic rings. The van der Waals surface area contributed by atoms with Gasteiger partial charge in [-0.25, -0.2) is 0 Å². The second kappa shape index (κ2) is 8.93. The molecule has 0 radical (unpaired) electrons. The van der Waals surface area contributed by atoms with Crippen LogP contribution in [0.15, 0.2) is 53.9 Å². The van der Waals surface area contributed by atoms with Crippen LogP contribution in [-0.4, -0.2) is 39.4 Å². The molecule has 1 N–H and O–H groups in total. The first-order valence-corrected chi connectivity index (χ1v) is 11.2. The number of aryl methyl sites for hydroxylation is 1. The van der Waals surface area contributed by atoms with Crippen molar-refractivity contribution in [2.75, 3.05) is 23.0 Å². The molecule has 1 aliphatic rings. The number of hydrogen-bond acceptors (Lipinski definition) is 5. The molecule has 2 aromatic carbocycles. The zero-order valence-electron chi connectivity index (χ0n) is 17.8. The van der Waals surface area contributed by atoms with Gasteiger partial charge in [0.05, 0.1) is 5.75 Å². The predicted molar refractivity (Wildman–Crippen MR) is 123 cm³/mol. The Labute approximate surface area is 185 Å². The van der Waals surface area contributed by atoms with Gasteiger partial charge in [0.25, 0.3) is 0 Å². The lowest BCUT2D eigenvalue weighted by Crippen LogP contribution is -2.31. The number of nitrogens with one attached hydrogen (secondary N) is 1. The smallest absolute Gasteiger partial charge is 0.234 e. The van der Waals surface area contributed by atoms with Gasteiger partial charge < -0.3 is 10.2 Å². The van der Waals surface area contributed by atoms with Gasteiger partial charge in [0.1, 0.15) is 6.33 Å². The Bertz CT molecular complexity index is 1110. The van der Waals surface area contributed by atoms with E-state index in [2.05, 4.69) is 41.5 Å². The first-order valence-electron chi connectivity index (χ1n) is 10.2. The maximum absolute atomic E-state index is 12.5. The van der Waals surface area contributed by atoms with E-state index in [0.717, 1.165) is 22.6 Å². The summed E-state index contributed by atoms with van der Waals surface area (Å²) < 4.78 is 1.88. The summed E-state index contributed by atoms with van der Waals surface area (Å²) in [6, 6.07) is 13.9.